The highest BCUT2D eigenvalue weighted by Crippen LogP contribution is 2.35. The first-order valence-electron chi connectivity index (χ1n) is 6.87. The average molecular weight is 233 g/mol. The van der Waals surface area contributed by atoms with Gasteiger partial charge in [0.15, 0.2) is 0 Å². The largest absolute Gasteiger partial charge is 0.370 e. The van der Waals surface area contributed by atoms with Crippen molar-refractivity contribution in [2.24, 2.45) is 0 Å². The number of hydrogen-bond acceptors (Lipinski definition) is 3. The van der Waals surface area contributed by atoms with Crippen molar-refractivity contribution in [3.8, 4) is 0 Å². The lowest BCUT2D eigenvalue weighted by Gasteiger charge is -2.25. The normalized spacial score (nSPS) is 15.7. The lowest BCUT2D eigenvalue weighted by Crippen LogP contribution is -2.16. The molecule has 0 radical (unpaired) electrons. The molecule has 1 aromatic rings. The summed E-state index contributed by atoms with van der Waals surface area (Å²) >= 11 is 0. The Kier molecular flexibility index (Phi) is 3.97. The maximum atomic E-state index is 4.74. The number of rotatable bonds is 5. The van der Waals surface area contributed by atoms with Gasteiger partial charge in [-0.25, -0.2) is 9.97 Å². The highest BCUT2D eigenvalue weighted by atomic mass is 15.0. The van der Waals surface area contributed by atoms with Gasteiger partial charge >= 0.3 is 0 Å². The van der Waals surface area contributed by atoms with E-state index in [-0.39, 0.29) is 0 Å². The zero-order chi connectivity index (χ0) is 12.3. The molecule has 0 amide bonds. The van der Waals surface area contributed by atoms with Crippen LogP contribution in [0.2, 0.25) is 0 Å². The Balaban J connectivity index is 2.27. The van der Waals surface area contributed by atoms with E-state index in [4.69, 9.17) is 4.98 Å². The van der Waals surface area contributed by atoms with Crippen LogP contribution in [-0.4, -0.2) is 16.5 Å². The van der Waals surface area contributed by atoms with Crippen LogP contribution in [0.4, 0.5) is 5.82 Å². The Labute approximate surface area is 104 Å². The first kappa shape index (κ1) is 12.3. The molecular formula is C14H23N3. The van der Waals surface area contributed by atoms with Crippen LogP contribution in [0.3, 0.4) is 0 Å². The predicted octanol–water partition coefficient (Wildman–Crippen LogP) is 3.44. The van der Waals surface area contributed by atoms with Crippen molar-refractivity contribution < 1.29 is 0 Å². The fourth-order valence-corrected chi connectivity index (χ4v) is 2.28. The number of aromatic nitrogens is 2. The standard InChI is InChI=1S/C14H23N3/c1-4-9-15-14-12(5-2)10(3)16-13(17-14)11-7-6-8-11/h11H,4-9H2,1-3H3,(H,15,16,17). The minimum absolute atomic E-state index is 0.613. The van der Waals surface area contributed by atoms with Gasteiger partial charge in [0.1, 0.15) is 11.6 Å². The Morgan fingerprint density at radius 2 is 2.00 bits per heavy atom. The van der Waals surface area contributed by atoms with Gasteiger partial charge in [0.2, 0.25) is 0 Å². The first-order valence-corrected chi connectivity index (χ1v) is 6.87. The summed E-state index contributed by atoms with van der Waals surface area (Å²) in [6.45, 7) is 7.46. The molecule has 3 heteroatoms. The summed E-state index contributed by atoms with van der Waals surface area (Å²) in [7, 11) is 0. The SMILES string of the molecule is CCCNc1nc(C2CCC2)nc(C)c1CC. The molecule has 1 aliphatic carbocycles. The van der Waals surface area contributed by atoms with Gasteiger partial charge in [0.25, 0.3) is 0 Å². The molecule has 1 N–H and O–H groups in total. The Morgan fingerprint density at radius 3 is 2.53 bits per heavy atom. The summed E-state index contributed by atoms with van der Waals surface area (Å²) in [6, 6.07) is 0. The third kappa shape index (κ3) is 2.59. The van der Waals surface area contributed by atoms with E-state index >= 15 is 0 Å². The molecule has 1 aromatic heterocycles. The molecule has 1 heterocycles. The zero-order valence-electron chi connectivity index (χ0n) is 11.2. The highest BCUT2D eigenvalue weighted by Gasteiger charge is 2.23. The Hall–Kier alpha value is -1.12. The van der Waals surface area contributed by atoms with E-state index in [0.29, 0.717) is 5.92 Å². The molecular weight excluding hydrogens is 210 g/mol. The molecule has 0 atom stereocenters. The summed E-state index contributed by atoms with van der Waals surface area (Å²) in [5, 5.41) is 3.45. The van der Waals surface area contributed by atoms with Crippen LogP contribution in [0.5, 0.6) is 0 Å². The molecule has 1 aliphatic rings. The second-order valence-corrected chi connectivity index (χ2v) is 4.90. The molecule has 2 rings (SSSR count). The monoisotopic (exact) mass is 233 g/mol. The van der Waals surface area contributed by atoms with E-state index in [1.165, 1.54) is 24.8 Å². The summed E-state index contributed by atoms with van der Waals surface area (Å²) in [5.74, 6) is 2.75. The maximum Gasteiger partial charge on any atom is 0.134 e. The van der Waals surface area contributed by atoms with E-state index in [9.17, 15) is 0 Å². The minimum atomic E-state index is 0.613. The van der Waals surface area contributed by atoms with Gasteiger partial charge in [-0.1, -0.05) is 20.3 Å². The van der Waals surface area contributed by atoms with E-state index in [0.717, 1.165) is 36.7 Å². The molecule has 0 spiro atoms. The molecule has 3 nitrogen and oxygen atoms in total. The van der Waals surface area contributed by atoms with Gasteiger partial charge in [-0.2, -0.15) is 0 Å². The van der Waals surface area contributed by atoms with Crippen molar-refractivity contribution in [1.82, 2.24) is 9.97 Å². The zero-order valence-corrected chi connectivity index (χ0v) is 11.2. The van der Waals surface area contributed by atoms with Gasteiger partial charge in [0.05, 0.1) is 0 Å². The topological polar surface area (TPSA) is 37.8 Å². The van der Waals surface area contributed by atoms with Gasteiger partial charge < -0.3 is 5.32 Å². The van der Waals surface area contributed by atoms with Gasteiger partial charge in [-0.15, -0.1) is 0 Å². The fourth-order valence-electron chi connectivity index (χ4n) is 2.28. The van der Waals surface area contributed by atoms with Crippen molar-refractivity contribution in [1.29, 1.82) is 0 Å². The van der Waals surface area contributed by atoms with Gasteiger partial charge in [0, 0.05) is 23.7 Å². The van der Waals surface area contributed by atoms with E-state index in [1.54, 1.807) is 0 Å². The average Bonchev–Trinajstić information content (AvgIpc) is 2.23. The number of aryl methyl sites for hydroxylation is 1. The molecule has 0 bridgehead atoms. The quantitative estimate of drug-likeness (QED) is 0.846. The van der Waals surface area contributed by atoms with Crippen LogP contribution in [-0.2, 0) is 6.42 Å². The molecule has 0 aliphatic heterocycles. The van der Waals surface area contributed by atoms with Crippen molar-refractivity contribution >= 4 is 5.82 Å². The van der Waals surface area contributed by atoms with Crippen LogP contribution in [0.25, 0.3) is 0 Å². The summed E-state index contributed by atoms with van der Waals surface area (Å²) in [6.07, 6.45) is 5.99. The Bertz CT molecular complexity index is 383. The van der Waals surface area contributed by atoms with Crippen molar-refractivity contribution in [3.05, 3.63) is 17.1 Å². The van der Waals surface area contributed by atoms with Crippen LogP contribution in [0, 0.1) is 6.92 Å². The molecule has 0 saturated heterocycles. The second kappa shape index (κ2) is 5.48. The number of anilines is 1. The smallest absolute Gasteiger partial charge is 0.134 e. The lowest BCUT2D eigenvalue weighted by atomic mass is 9.84. The van der Waals surface area contributed by atoms with E-state index in [1.807, 2.05) is 0 Å². The number of hydrogen-bond donors (Lipinski definition) is 1. The fraction of sp³-hybridized carbons (Fsp3) is 0.714. The lowest BCUT2D eigenvalue weighted by molar-refractivity contribution is 0.400. The van der Waals surface area contributed by atoms with Crippen LogP contribution < -0.4 is 5.32 Å². The van der Waals surface area contributed by atoms with Crippen LogP contribution in [0.15, 0.2) is 0 Å². The van der Waals surface area contributed by atoms with Crippen molar-refractivity contribution in [2.45, 2.75) is 58.8 Å². The van der Waals surface area contributed by atoms with Crippen LogP contribution in [0.1, 0.15) is 62.5 Å². The van der Waals surface area contributed by atoms with Crippen molar-refractivity contribution in [2.75, 3.05) is 11.9 Å². The minimum Gasteiger partial charge on any atom is -0.370 e. The summed E-state index contributed by atoms with van der Waals surface area (Å²) in [5.41, 5.74) is 2.43. The molecule has 0 aromatic carbocycles. The molecule has 17 heavy (non-hydrogen) atoms. The van der Waals surface area contributed by atoms with Crippen LogP contribution >= 0.6 is 0 Å². The number of nitrogens with zero attached hydrogens (tertiary/aromatic N) is 2. The maximum absolute atomic E-state index is 4.74. The number of nitrogens with one attached hydrogen (secondary N) is 1. The third-order valence-electron chi connectivity index (χ3n) is 3.60. The van der Waals surface area contributed by atoms with Crippen molar-refractivity contribution in [3.63, 3.8) is 0 Å². The van der Waals surface area contributed by atoms with E-state index < -0.39 is 0 Å². The Morgan fingerprint density at radius 1 is 1.24 bits per heavy atom. The predicted molar refractivity (Wildman–Crippen MR) is 71.5 cm³/mol. The first-order chi connectivity index (χ1) is 8.26. The molecule has 0 unspecified atom stereocenters. The van der Waals surface area contributed by atoms with Gasteiger partial charge in [-0.3, -0.25) is 0 Å². The third-order valence-corrected chi connectivity index (χ3v) is 3.60. The molecule has 94 valence electrons. The molecule has 1 saturated carbocycles. The second-order valence-electron chi connectivity index (χ2n) is 4.90. The summed E-state index contributed by atoms with van der Waals surface area (Å²) in [4.78, 5) is 9.43. The van der Waals surface area contributed by atoms with Gasteiger partial charge in [-0.05, 0) is 32.6 Å². The summed E-state index contributed by atoms with van der Waals surface area (Å²) < 4.78 is 0. The van der Waals surface area contributed by atoms with E-state index in [2.05, 4.69) is 31.1 Å². The highest BCUT2D eigenvalue weighted by molar-refractivity contribution is 5.46. The molecule has 1 fully saturated rings.